The number of amides is 3. The van der Waals surface area contributed by atoms with E-state index in [9.17, 15) is 9.59 Å². The van der Waals surface area contributed by atoms with Crippen LogP contribution in [0, 0.1) is 0 Å². The smallest absolute Gasteiger partial charge is 0.321 e. The number of aromatic nitrogens is 4. The van der Waals surface area contributed by atoms with E-state index in [1.54, 1.807) is 0 Å². The van der Waals surface area contributed by atoms with Crippen molar-refractivity contribution in [2.24, 2.45) is 0 Å². The van der Waals surface area contributed by atoms with E-state index < -0.39 is 6.03 Å². The van der Waals surface area contributed by atoms with Crippen LogP contribution in [-0.2, 0) is 4.79 Å². The van der Waals surface area contributed by atoms with Crippen molar-refractivity contribution in [2.75, 3.05) is 5.75 Å². The van der Waals surface area contributed by atoms with Crippen molar-refractivity contribution < 1.29 is 9.59 Å². The molecule has 0 bridgehead atoms. The minimum atomic E-state index is -0.479. The first-order valence-electron chi connectivity index (χ1n) is 7.57. The molecule has 0 spiro atoms. The molecular formula is C13H22N6O2S. The van der Waals surface area contributed by atoms with E-state index in [0.717, 1.165) is 12.8 Å². The lowest BCUT2D eigenvalue weighted by Gasteiger charge is -2.21. The van der Waals surface area contributed by atoms with E-state index in [-0.39, 0.29) is 17.7 Å². The Balaban J connectivity index is 1.83. The van der Waals surface area contributed by atoms with Crippen molar-refractivity contribution in [3.8, 4) is 0 Å². The first-order chi connectivity index (χ1) is 10.6. The second-order valence-corrected chi connectivity index (χ2v) is 6.61. The summed E-state index contributed by atoms with van der Waals surface area (Å²) in [6.07, 6.45) is 5.77. The summed E-state index contributed by atoms with van der Waals surface area (Å²) in [5, 5.41) is 17.2. The number of imide groups is 1. The summed E-state index contributed by atoms with van der Waals surface area (Å²) in [4.78, 5) is 23.2. The second kappa shape index (κ2) is 8.11. The lowest BCUT2D eigenvalue weighted by molar-refractivity contribution is -0.117. The fourth-order valence-electron chi connectivity index (χ4n) is 2.43. The SMILES string of the molecule is CC(C)NC(=O)NC(=O)CSc1nnnn1C1CCCCC1. The number of thioether (sulfide) groups is 1. The Morgan fingerprint density at radius 3 is 2.73 bits per heavy atom. The number of nitrogens with one attached hydrogen (secondary N) is 2. The Hall–Kier alpha value is -1.64. The Kier molecular flexibility index (Phi) is 6.17. The van der Waals surface area contributed by atoms with Gasteiger partial charge in [-0.3, -0.25) is 10.1 Å². The summed E-state index contributed by atoms with van der Waals surface area (Å²) in [5.41, 5.74) is 0. The maximum absolute atomic E-state index is 11.7. The molecule has 9 heteroatoms. The molecule has 0 atom stereocenters. The lowest BCUT2D eigenvalue weighted by atomic mass is 9.96. The highest BCUT2D eigenvalue weighted by molar-refractivity contribution is 7.99. The average molecular weight is 326 g/mol. The van der Waals surface area contributed by atoms with Crippen LogP contribution in [0.25, 0.3) is 0 Å². The predicted molar refractivity (Wildman–Crippen MR) is 82.5 cm³/mol. The summed E-state index contributed by atoms with van der Waals surface area (Å²) in [6.45, 7) is 3.66. The minimum Gasteiger partial charge on any atom is -0.336 e. The van der Waals surface area contributed by atoms with Gasteiger partial charge >= 0.3 is 6.03 Å². The van der Waals surface area contributed by atoms with Crippen LogP contribution >= 0.6 is 11.8 Å². The van der Waals surface area contributed by atoms with Crippen molar-refractivity contribution in [3.63, 3.8) is 0 Å². The van der Waals surface area contributed by atoms with Gasteiger partial charge in [-0.25, -0.2) is 9.48 Å². The number of hydrogen-bond acceptors (Lipinski definition) is 6. The number of urea groups is 1. The third-order valence-corrected chi connectivity index (χ3v) is 4.32. The van der Waals surface area contributed by atoms with Crippen LogP contribution in [0.4, 0.5) is 4.79 Å². The van der Waals surface area contributed by atoms with Gasteiger partial charge in [0.15, 0.2) is 0 Å². The van der Waals surface area contributed by atoms with E-state index in [1.165, 1.54) is 31.0 Å². The van der Waals surface area contributed by atoms with Crippen LogP contribution < -0.4 is 10.6 Å². The minimum absolute atomic E-state index is 0.0148. The van der Waals surface area contributed by atoms with Gasteiger partial charge < -0.3 is 5.32 Å². The first kappa shape index (κ1) is 16.7. The van der Waals surface area contributed by atoms with Gasteiger partial charge in [0.05, 0.1) is 11.8 Å². The lowest BCUT2D eigenvalue weighted by Crippen LogP contribution is -2.43. The molecule has 1 heterocycles. The molecule has 2 rings (SSSR count). The van der Waals surface area contributed by atoms with Crippen molar-refractivity contribution in [3.05, 3.63) is 0 Å². The molecule has 0 aliphatic heterocycles. The fourth-order valence-corrected chi connectivity index (χ4v) is 3.17. The molecule has 122 valence electrons. The Morgan fingerprint density at radius 1 is 1.32 bits per heavy atom. The van der Waals surface area contributed by atoms with Gasteiger partial charge in [-0.1, -0.05) is 31.0 Å². The van der Waals surface area contributed by atoms with Crippen LogP contribution in [0.3, 0.4) is 0 Å². The van der Waals surface area contributed by atoms with Crippen LogP contribution in [0.15, 0.2) is 5.16 Å². The standard InChI is InChI=1S/C13H22N6O2S/c1-9(2)14-12(21)15-11(20)8-22-13-16-17-18-19(13)10-6-4-3-5-7-10/h9-10H,3-8H2,1-2H3,(H2,14,15,20,21). The van der Waals surface area contributed by atoms with E-state index in [0.29, 0.717) is 11.2 Å². The Bertz CT molecular complexity index is 512. The highest BCUT2D eigenvalue weighted by atomic mass is 32.2. The predicted octanol–water partition coefficient (Wildman–Crippen LogP) is 1.50. The van der Waals surface area contributed by atoms with Gasteiger partial charge in [-0.05, 0) is 37.1 Å². The third-order valence-electron chi connectivity index (χ3n) is 3.39. The van der Waals surface area contributed by atoms with Gasteiger partial charge in [0.1, 0.15) is 0 Å². The summed E-state index contributed by atoms with van der Waals surface area (Å²) >= 11 is 1.25. The molecular weight excluding hydrogens is 304 g/mol. The van der Waals surface area contributed by atoms with Crippen molar-refractivity contribution in [1.29, 1.82) is 0 Å². The van der Waals surface area contributed by atoms with Crippen molar-refractivity contribution in [1.82, 2.24) is 30.8 Å². The average Bonchev–Trinajstić information content (AvgIpc) is 2.93. The Morgan fingerprint density at radius 2 is 2.05 bits per heavy atom. The molecule has 1 saturated carbocycles. The molecule has 0 unspecified atom stereocenters. The topological polar surface area (TPSA) is 102 Å². The van der Waals surface area contributed by atoms with Gasteiger partial charge in [-0.2, -0.15) is 0 Å². The molecule has 2 N–H and O–H groups in total. The Labute approximate surface area is 133 Å². The van der Waals surface area contributed by atoms with Crippen molar-refractivity contribution >= 4 is 23.7 Å². The number of carbonyl (C=O) groups excluding carboxylic acids is 2. The number of rotatable bonds is 5. The summed E-state index contributed by atoms with van der Waals surface area (Å²) in [7, 11) is 0. The molecule has 1 aromatic rings. The molecule has 1 aliphatic carbocycles. The van der Waals surface area contributed by atoms with Gasteiger partial charge in [0.25, 0.3) is 0 Å². The monoisotopic (exact) mass is 326 g/mol. The number of hydrogen-bond donors (Lipinski definition) is 2. The molecule has 1 aliphatic rings. The number of nitrogens with zero attached hydrogens (tertiary/aromatic N) is 4. The quantitative estimate of drug-likeness (QED) is 0.795. The number of carbonyl (C=O) groups is 2. The summed E-state index contributed by atoms with van der Waals surface area (Å²) < 4.78 is 1.81. The molecule has 0 aromatic carbocycles. The molecule has 22 heavy (non-hydrogen) atoms. The van der Waals surface area contributed by atoms with Crippen LogP contribution in [0.5, 0.6) is 0 Å². The summed E-state index contributed by atoms with van der Waals surface area (Å²) in [6, 6.07) is -0.176. The molecule has 8 nitrogen and oxygen atoms in total. The van der Waals surface area contributed by atoms with E-state index in [4.69, 9.17) is 0 Å². The van der Waals surface area contributed by atoms with Gasteiger partial charge in [0.2, 0.25) is 11.1 Å². The van der Waals surface area contributed by atoms with Crippen molar-refractivity contribution in [2.45, 2.75) is 63.2 Å². The van der Waals surface area contributed by atoms with Crippen LogP contribution in [0.1, 0.15) is 52.0 Å². The molecule has 0 saturated heterocycles. The van der Waals surface area contributed by atoms with Gasteiger partial charge in [0, 0.05) is 6.04 Å². The van der Waals surface area contributed by atoms with Gasteiger partial charge in [-0.15, -0.1) is 5.10 Å². The fraction of sp³-hybridized carbons (Fsp3) is 0.769. The molecule has 0 radical (unpaired) electrons. The zero-order valence-corrected chi connectivity index (χ0v) is 13.7. The maximum Gasteiger partial charge on any atom is 0.321 e. The second-order valence-electron chi connectivity index (χ2n) is 5.66. The maximum atomic E-state index is 11.7. The van der Waals surface area contributed by atoms with Crippen LogP contribution in [-0.4, -0.2) is 43.9 Å². The third kappa shape index (κ3) is 4.97. The largest absolute Gasteiger partial charge is 0.336 e. The zero-order chi connectivity index (χ0) is 15.9. The van der Waals surface area contributed by atoms with E-state index >= 15 is 0 Å². The first-order valence-corrected chi connectivity index (χ1v) is 8.56. The summed E-state index contributed by atoms with van der Waals surface area (Å²) in [5.74, 6) is -0.250. The van der Waals surface area contributed by atoms with Crippen LogP contribution in [0.2, 0.25) is 0 Å². The van der Waals surface area contributed by atoms with E-state index in [1.807, 2.05) is 18.5 Å². The van der Waals surface area contributed by atoms with E-state index in [2.05, 4.69) is 26.2 Å². The number of tetrazole rings is 1. The molecule has 1 fully saturated rings. The highest BCUT2D eigenvalue weighted by Crippen LogP contribution is 2.29. The molecule has 1 aromatic heterocycles. The molecule has 3 amide bonds. The zero-order valence-electron chi connectivity index (χ0n) is 12.9. The highest BCUT2D eigenvalue weighted by Gasteiger charge is 2.21. The normalized spacial score (nSPS) is 15.8.